The van der Waals surface area contributed by atoms with Crippen LogP contribution >= 0.6 is 12.6 Å². The van der Waals surface area contributed by atoms with Crippen LogP contribution in [-0.4, -0.2) is 19.8 Å². The van der Waals surface area contributed by atoms with Crippen LogP contribution in [0.25, 0.3) is 0 Å². The summed E-state index contributed by atoms with van der Waals surface area (Å²) >= 11 is 4.46. The maximum absolute atomic E-state index is 13.5. The number of hydrogen-bond acceptors (Lipinski definition) is 3. The SMILES string of the molecule is CCOc1ccc(C2(S)COC2)cc1F. The largest absolute Gasteiger partial charge is 0.491 e. The van der Waals surface area contributed by atoms with Crippen LogP contribution in [0.3, 0.4) is 0 Å². The zero-order chi connectivity index (χ0) is 10.9. The number of thiol groups is 1. The van der Waals surface area contributed by atoms with Gasteiger partial charge in [0, 0.05) is 0 Å². The normalized spacial score (nSPS) is 18.3. The van der Waals surface area contributed by atoms with Gasteiger partial charge in [-0.2, -0.15) is 12.6 Å². The van der Waals surface area contributed by atoms with Crippen molar-refractivity contribution < 1.29 is 13.9 Å². The molecule has 0 radical (unpaired) electrons. The molecule has 1 fully saturated rings. The molecule has 0 aliphatic carbocycles. The second-order valence-corrected chi connectivity index (χ2v) is 4.46. The third-order valence-corrected chi connectivity index (χ3v) is 2.97. The topological polar surface area (TPSA) is 18.5 Å². The second kappa shape index (κ2) is 4.02. The zero-order valence-corrected chi connectivity index (χ0v) is 9.39. The molecular weight excluding hydrogens is 215 g/mol. The highest BCUT2D eigenvalue weighted by Gasteiger charge is 2.36. The van der Waals surface area contributed by atoms with Crippen LogP contribution in [0.4, 0.5) is 4.39 Å². The molecule has 1 aromatic carbocycles. The van der Waals surface area contributed by atoms with Crippen molar-refractivity contribution >= 4 is 12.6 Å². The van der Waals surface area contributed by atoms with Gasteiger partial charge < -0.3 is 9.47 Å². The van der Waals surface area contributed by atoms with Gasteiger partial charge in [-0.3, -0.25) is 0 Å². The van der Waals surface area contributed by atoms with Gasteiger partial charge in [0.1, 0.15) is 0 Å². The Labute approximate surface area is 93.8 Å². The Morgan fingerprint density at radius 1 is 1.53 bits per heavy atom. The number of ether oxygens (including phenoxy) is 2. The van der Waals surface area contributed by atoms with Crippen molar-refractivity contribution in [2.24, 2.45) is 0 Å². The predicted octanol–water partition coefficient (Wildman–Crippen LogP) is 2.38. The molecule has 1 aromatic rings. The molecule has 0 saturated carbocycles. The standard InChI is InChI=1S/C11H13FO2S/c1-2-14-10-4-3-8(5-9(10)12)11(15)6-13-7-11/h3-5,15H,2,6-7H2,1H3. The van der Waals surface area contributed by atoms with Crippen LogP contribution in [0.1, 0.15) is 12.5 Å². The summed E-state index contributed by atoms with van der Waals surface area (Å²) in [6, 6.07) is 4.95. The van der Waals surface area contributed by atoms with Crippen molar-refractivity contribution in [2.45, 2.75) is 11.7 Å². The van der Waals surface area contributed by atoms with Crippen molar-refractivity contribution in [1.29, 1.82) is 0 Å². The van der Waals surface area contributed by atoms with E-state index >= 15 is 0 Å². The van der Waals surface area contributed by atoms with Crippen molar-refractivity contribution in [3.8, 4) is 5.75 Å². The molecule has 1 saturated heterocycles. The van der Waals surface area contributed by atoms with E-state index < -0.39 is 0 Å². The van der Waals surface area contributed by atoms with E-state index in [4.69, 9.17) is 9.47 Å². The Kier molecular flexibility index (Phi) is 2.89. The van der Waals surface area contributed by atoms with Gasteiger partial charge in [0.15, 0.2) is 11.6 Å². The Bertz CT molecular complexity index is 364. The minimum Gasteiger partial charge on any atom is -0.491 e. The molecule has 0 atom stereocenters. The maximum Gasteiger partial charge on any atom is 0.165 e. The van der Waals surface area contributed by atoms with Crippen LogP contribution < -0.4 is 4.74 Å². The summed E-state index contributed by atoms with van der Waals surface area (Å²) in [5.41, 5.74) is 0.845. The zero-order valence-electron chi connectivity index (χ0n) is 8.50. The third-order valence-electron chi connectivity index (χ3n) is 2.45. The lowest BCUT2D eigenvalue weighted by Gasteiger charge is -2.37. The molecule has 15 heavy (non-hydrogen) atoms. The highest BCUT2D eigenvalue weighted by atomic mass is 32.1. The molecule has 1 heterocycles. The summed E-state index contributed by atoms with van der Waals surface area (Å²) in [7, 11) is 0. The molecule has 0 bridgehead atoms. The predicted molar refractivity (Wildman–Crippen MR) is 59.1 cm³/mol. The van der Waals surface area contributed by atoms with Gasteiger partial charge in [-0.05, 0) is 24.6 Å². The van der Waals surface area contributed by atoms with Crippen molar-refractivity contribution in [1.82, 2.24) is 0 Å². The molecule has 1 aliphatic heterocycles. The smallest absolute Gasteiger partial charge is 0.165 e. The van der Waals surface area contributed by atoms with E-state index in [-0.39, 0.29) is 10.6 Å². The number of hydrogen-bond donors (Lipinski definition) is 1. The fraction of sp³-hybridized carbons (Fsp3) is 0.455. The molecule has 1 aliphatic rings. The van der Waals surface area contributed by atoms with Gasteiger partial charge in [0.2, 0.25) is 0 Å². The highest BCUT2D eigenvalue weighted by molar-refractivity contribution is 7.81. The first-order valence-corrected chi connectivity index (χ1v) is 5.33. The summed E-state index contributed by atoms with van der Waals surface area (Å²) in [5.74, 6) is -0.0481. The second-order valence-electron chi connectivity index (χ2n) is 3.60. The molecule has 82 valence electrons. The molecule has 0 unspecified atom stereocenters. The van der Waals surface area contributed by atoms with Gasteiger partial charge in [-0.25, -0.2) is 4.39 Å². The highest BCUT2D eigenvalue weighted by Crippen LogP contribution is 2.37. The number of benzene rings is 1. The average molecular weight is 228 g/mol. The minimum absolute atomic E-state index is 0.290. The fourth-order valence-electron chi connectivity index (χ4n) is 1.52. The van der Waals surface area contributed by atoms with Gasteiger partial charge in [0.05, 0.1) is 24.6 Å². The maximum atomic E-state index is 13.5. The lowest BCUT2D eigenvalue weighted by molar-refractivity contribution is -0.00983. The Hall–Kier alpha value is -0.740. The summed E-state index contributed by atoms with van der Waals surface area (Å²) in [6.45, 7) is 3.35. The lowest BCUT2D eigenvalue weighted by Crippen LogP contribution is -2.41. The quantitative estimate of drug-likeness (QED) is 0.801. The van der Waals surface area contributed by atoms with Crippen molar-refractivity contribution in [3.63, 3.8) is 0 Å². The summed E-state index contributed by atoms with van der Waals surface area (Å²) in [4.78, 5) is 0. The number of rotatable bonds is 3. The minimum atomic E-state index is -0.338. The van der Waals surface area contributed by atoms with E-state index in [2.05, 4.69) is 12.6 Å². The van der Waals surface area contributed by atoms with Gasteiger partial charge >= 0.3 is 0 Å². The van der Waals surface area contributed by atoms with E-state index in [1.165, 1.54) is 6.07 Å². The van der Waals surface area contributed by atoms with Gasteiger partial charge in [-0.15, -0.1) is 0 Å². The van der Waals surface area contributed by atoms with E-state index in [1.54, 1.807) is 6.07 Å². The molecule has 2 nitrogen and oxygen atoms in total. The molecule has 0 aromatic heterocycles. The molecular formula is C11H13FO2S. The first kappa shape index (κ1) is 10.8. The average Bonchev–Trinajstić information content (AvgIpc) is 2.18. The van der Waals surface area contributed by atoms with Crippen LogP contribution in [0.15, 0.2) is 18.2 Å². The monoisotopic (exact) mass is 228 g/mol. The third kappa shape index (κ3) is 1.96. The van der Waals surface area contributed by atoms with Gasteiger partial charge in [0.25, 0.3) is 0 Å². The number of halogens is 1. The van der Waals surface area contributed by atoms with E-state index in [1.807, 2.05) is 13.0 Å². The summed E-state index contributed by atoms with van der Waals surface area (Å²) in [6.07, 6.45) is 0. The lowest BCUT2D eigenvalue weighted by atomic mass is 9.96. The first-order chi connectivity index (χ1) is 7.15. The Morgan fingerprint density at radius 3 is 2.73 bits per heavy atom. The summed E-state index contributed by atoms with van der Waals surface area (Å²) < 4.78 is 23.4. The fourth-order valence-corrected chi connectivity index (χ4v) is 1.85. The van der Waals surface area contributed by atoms with Crippen LogP contribution in [0, 0.1) is 5.82 Å². The molecule has 0 N–H and O–H groups in total. The Balaban J connectivity index is 2.25. The molecule has 0 amide bonds. The van der Waals surface area contributed by atoms with Crippen molar-refractivity contribution in [2.75, 3.05) is 19.8 Å². The molecule has 0 spiro atoms. The van der Waals surface area contributed by atoms with E-state index in [0.717, 1.165) is 5.56 Å². The van der Waals surface area contributed by atoms with Crippen molar-refractivity contribution in [3.05, 3.63) is 29.6 Å². The van der Waals surface area contributed by atoms with Crippen LogP contribution in [-0.2, 0) is 9.48 Å². The first-order valence-electron chi connectivity index (χ1n) is 4.88. The molecule has 2 rings (SSSR count). The molecule has 4 heteroatoms. The van der Waals surface area contributed by atoms with E-state index in [0.29, 0.717) is 25.6 Å². The van der Waals surface area contributed by atoms with E-state index in [9.17, 15) is 4.39 Å². The van der Waals surface area contributed by atoms with Crippen LogP contribution in [0.5, 0.6) is 5.75 Å². The van der Waals surface area contributed by atoms with Crippen LogP contribution in [0.2, 0.25) is 0 Å². The Morgan fingerprint density at radius 2 is 2.27 bits per heavy atom. The van der Waals surface area contributed by atoms with Gasteiger partial charge in [-0.1, -0.05) is 6.07 Å². The summed E-state index contributed by atoms with van der Waals surface area (Å²) in [5, 5.41) is 0.